The van der Waals surface area contributed by atoms with Gasteiger partial charge in [-0.1, -0.05) is 19.1 Å². The van der Waals surface area contributed by atoms with E-state index in [-0.39, 0.29) is 94.0 Å². The molecule has 26 nitrogen and oxygen atoms in total. The molecule has 88 heavy (non-hydrogen) atoms. The third-order valence-corrected chi connectivity index (χ3v) is 15.4. The van der Waals surface area contributed by atoms with Gasteiger partial charge >= 0.3 is 16.1 Å². The number of amidine groups is 1. The Hall–Kier alpha value is -5.53. The number of pyridine rings is 1. The van der Waals surface area contributed by atoms with Crippen molar-refractivity contribution >= 4 is 55.4 Å². The number of ketones is 1. The van der Waals surface area contributed by atoms with E-state index in [0.717, 1.165) is 0 Å². The lowest BCUT2D eigenvalue weighted by atomic mass is 9.95. The first kappa shape index (κ1) is 73.2. The summed E-state index contributed by atoms with van der Waals surface area (Å²) in [4.78, 5) is 49.7. The molecular weight excluding hydrogens is 1220 g/mol. The molecule has 0 atom stereocenters. The number of nitrogens with zero attached hydrogens (tertiary/aromatic N) is 4. The summed E-state index contributed by atoms with van der Waals surface area (Å²) in [6.07, 6.45) is 5.86. The topological polar surface area (TPSA) is 328 Å². The smallest absolute Gasteiger partial charge is 0.313 e. The fourth-order valence-electron chi connectivity index (χ4n) is 8.20. The van der Waals surface area contributed by atoms with E-state index in [9.17, 15) is 53.9 Å². The van der Waals surface area contributed by atoms with Crippen molar-refractivity contribution in [3.63, 3.8) is 0 Å². The van der Waals surface area contributed by atoms with E-state index in [0.29, 0.717) is 159 Å². The lowest BCUT2D eigenvalue weighted by molar-refractivity contribution is -0.185. The Morgan fingerprint density at radius 2 is 1.14 bits per heavy atom. The van der Waals surface area contributed by atoms with E-state index >= 15 is 0 Å². The Kier molecular flexibility index (Phi) is 32.9. The zero-order chi connectivity index (χ0) is 63.7. The molecule has 0 bridgehead atoms. The van der Waals surface area contributed by atoms with E-state index in [4.69, 9.17) is 62.5 Å². The van der Waals surface area contributed by atoms with Crippen molar-refractivity contribution in [1.82, 2.24) is 14.4 Å². The van der Waals surface area contributed by atoms with Gasteiger partial charge in [-0.25, -0.2) is 27.3 Å². The van der Waals surface area contributed by atoms with Gasteiger partial charge in [0.1, 0.15) is 16.5 Å². The van der Waals surface area contributed by atoms with Crippen molar-refractivity contribution in [3.8, 4) is 16.9 Å². The molecule has 3 heterocycles. The van der Waals surface area contributed by atoms with Crippen LogP contribution in [0.1, 0.15) is 51.0 Å². The van der Waals surface area contributed by atoms with Crippen LogP contribution in [0.25, 0.3) is 17.2 Å². The first-order chi connectivity index (χ1) is 42.3. The molecule has 0 saturated carbocycles. The molecular formula is C56H77F4N5O21S2. The number of carbonyl (C=O) groups is 3. The molecule has 1 aromatic heterocycles. The summed E-state index contributed by atoms with van der Waals surface area (Å²) >= 11 is 0. The quantitative estimate of drug-likeness (QED) is 0.0137. The molecule has 1 fully saturated rings. The van der Waals surface area contributed by atoms with Crippen LogP contribution in [0, 0.1) is 29.2 Å². The maximum atomic E-state index is 14.0. The molecule has 492 valence electrons. The third-order valence-electron chi connectivity index (χ3n) is 12.7. The lowest BCUT2D eigenvalue weighted by Gasteiger charge is -2.38. The maximum Gasteiger partial charge on any atom is 0.313 e. The second-order valence-electron chi connectivity index (χ2n) is 19.3. The number of amides is 1. The maximum absolute atomic E-state index is 14.0. The summed E-state index contributed by atoms with van der Waals surface area (Å²) in [5.41, 5.74) is 8.96. The number of halogens is 4. The average Bonchev–Trinajstić information content (AvgIpc) is 1.32. The summed E-state index contributed by atoms with van der Waals surface area (Å²) in [5.74, 6) is -12.8. The number of ether oxygens (including phenoxy) is 11. The van der Waals surface area contributed by atoms with Crippen LogP contribution in [-0.4, -0.2) is 229 Å². The number of sulfonamides is 1. The van der Waals surface area contributed by atoms with Crippen molar-refractivity contribution in [3.05, 3.63) is 71.1 Å². The van der Waals surface area contributed by atoms with Crippen LogP contribution >= 0.6 is 0 Å². The molecule has 2 aromatic carbocycles. The minimum Gasteiger partial charge on any atom is -0.420 e. The highest BCUT2D eigenvalue weighted by molar-refractivity contribution is 7.89. The lowest BCUT2D eigenvalue weighted by Crippen LogP contribution is -2.49. The summed E-state index contributed by atoms with van der Waals surface area (Å²) in [6.45, 7) is 8.11. The van der Waals surface area contributed by atoms with Crippen LogP contribution in [0.4, 0.5) is 23.2 Å². The standard InChI is InChI=1S/C56H77F4N5O21S2/c1-2-9-65(85-13-10-66)56(69)43-32-42-5-4-41(34-47(42)63-48(61)35-43)44-33-46(37-62-36-44)87(70,71)64-38-40(39-64)3-6-45(67)7-11-75-14-16-77-18-20-79-22-24-81-26-28-83-30-31-84-29-27-82-25-23-80-21-19-78-17-15-76-12-8-49(68)86-54-50(57)52(59)55(88(72,73)74)53(60)51(54)58/h4-5,32-34,36-37,40,66H,2-3,6-31,35,38-39H2,1H3,(H2,61,63)(H,72,73,74). The third kappa shape index (κ3) is 25.0. The highest BCUT2D eigenvalue weighted by Gasteiger charge is 2.37. The molecule has 2 aliphatic heterocycles. The van der Waals surface area contributed by atoms with Crippen LogP contribution in [0.2, 0.25) is 0 Å². The molecule has 3 aromatic rings. The van der Waals surface area contributed by atoms with Crippen molar-refractivity contribution in [1.29, 1.82) is 0 Å². The Bertz CT molecular complexity index is 2950. The number of carbonyl (C=O) groups excluding carboxylic acids is 3. The SMILES string of the molecule is CCCN(OCCO)C(=O)C1=Cc2ccc(-c3cncc(S(=O)(=O)N4CC(CCC(=O)CCOCCOCCOCCOCCOCCOCCOCCOCCOCCOCCC(=O)Oc5c(F)c(F)c(S(=O)(=O)O)c(F)c5F)C4)c3)cc2N=C(N)C1. The number of aliphatic hydroxyl groups excluding tert-OH is 1. The minimum absolute atomic E-state index is 0.00992. The van der Waals surface area contributed by atoms with Crippen LogP contribution in [0.5, 0.6) is 5.75 Å². The number of benzene rings is 2. The Morgan fingerprint density at radius 1 is 0.648 bits per heavy atom. The van der Waals surface area contributed by atoms with E-state index in [1.54, 1.807) is 36.5 Å². The molecule has 32 heteroatoms. The number of aliphatic hydroxyl groups is 1. The average molecular weight is 1300 g/mol. The number of hydrogen-bond acceptors (Lipinski definition) is 23. The van der Waals surface area contributed by atoms with Gasteiger partial charge in [-0.3, -0.25) is 28.8 Å². The Balaban J connectivity index is 0.757. The molecule has 0 unspecified atom stereocenters. The van der Waals surface area contributed by atoms with E-state index in [2.05, 4.69) is 14.7 Å². The summed E-state index contributed by atoms with van der Waals surface area (Å²) in [5, 5.41) is 10.4. The molecule has 4 N–H and O–H groups in total. The minimum atomic E-state index is -5.66. The van der Waals surface area contributed by atoms with Crippen molar-refractivity contribution in [2.24, 2.45) is 16.6 Å². The van der Waals surface area contributed by atoms with Gasteiger partial charge in [0.05, 0.1) is 157 Å². The molecule has 1 saturated heterocycles. The Morgan fingerprint density at radius 3 is 1.61 bits per heavy atom. The van der Waals surface area contributed by atoms with E-state index in [1.807, 2.05) is 6.92 Å². The van der Waals surface area contributed by atoms with Gasteiger partial charge in [0.2, 0.25) is 27.4 Å². The first-order valence-corrected chi connectivity index (χ1v) is 31.3. The molecule has 1 amide bonds. The number of aliphatic imine (C=N–C) groups is 1. The Labute approximate surface area is 508 Å². The van der Waals surface area contributed by atoms with Gasteiger partial charge in [0.25, 0.3) is 5.91 Å². The van der Waals surface area contributed by atoms with E-state index in [1.165, 1.54) is 15.6 Å². The summed E-state index contributed by atoms with van der Waals surface area (Å²) in [7, 11) is -9.51. The van der Waals surface area contributed by atoms with Crippen molar-refractivity contribution in [2.75, 3.05) is 165 Å². The van der Waals surface area contributed by atoms with Crippen LogP contribution in [0.3, 0.4) is 0 Å². The zero-order valence-electron chi connectivity index (χ0n) is 48.9. The second-order valence-corrected chi connectivity index (χ2v) is 22.6. The second kappa shape index (κ2) is 39.6. The zero-order valence-corrected chi connectivity index (χ0v) is 50.5. The normalized spacial score (nSPS) is 13.9. The highest BCUT2D eigenvalue weighted by atomic mass is 32.2. The van der Waals surface area contributed by atoms with Gasteiger partial charge in [-0.2, -0.15) is 21.5 Å². The molecule has 2 aliphatic rings. The first-order valence-electron chi connectivity index (χ1n) is 28.4. The predicted octanol–water partition coefficient (Wildman–Crippen LogP) is 4.01. The molecule has 0 radical (unpaired) electrons. The van der Waals surface area contributed by atoms with Crippen molar-refractivity contribution in [2.45, 2.75) is 55.2 Å². The number of rotatable bonds is 47. The summed E-state index contributed by atoms with van der Waals surface area (Å²) < 4.78 is 174. The highest BCUT2D eigenvalue weighted by Crippen LogP contribution is 2.35. The van der Waals surface area contributed by atoms with Gasteiger partial charge in [0.15, 0.2) is 16.5 Å². The monoisotopic (exact) mass is 1300 g/mol. The number of Topliss-reactive ketones (excluding diaryl/α,β-unsaturated/α-hetero) is 1. The van der Waals surface area contributed by atoms with E-state index < -0.39 is 66.4 Å². The van der Waals surface area contributed by atoms with Crippen LogP contribution in [0.15, 0.2) is 57.0 Å². The fourth-order valence-corrected chi connectivity index (χ4v) is 10.4. The number of esters is 1. The van der Waals surface area contributed by atoms with Gasteiger partial charge in [-0.05, 0) is 42.5 Å². The molecule has 0 spiro atoms. The number of hydroxylamine groups is 2. The number of aromatic nitrogens is 1. The van der Waals surface area contributed by atoms with Crippen LogP contribution in [-0.2, 0) is 86.7 Å². The van der Waals surface area contributed by atoms with Gasteiger partial charge in [-0.15, -0.1) is 0 Å². The molecule has 5 rings (SSSR count). The number of hydrogen-bond donors (Lipinski definition) is 3. The van der Waals surface area contributed by atoms with Gasteiger partial charge < -0.3 is 62.9 Å². The predicted molar refractivity (Wildman–Crippen MR) is 304 cm³/mol. The fraction of sp³-hybridized carbons (Fsp3) is 0.589. The number of fused-ring (bicyclic) bond motifs is 1. The number of nitrogens with two attached hydrogens (primary N) is 1. The molecule has 0 aliphatic carbocycles. The van der Waals surface area contributed by atoms with Crippen molar-refractivity contribution < 1.29 is 115 Å². The summed E-state index contributed by atoms with van der Waals surface area (Å²) in [6, 6.07) is 6.90. The van der Waals surface area contributed by atoms with Gasteiger partial charge in [0, 0.05) is 68.0 Å². The largest absolute Gasteiger partial charge is 0.420 e. The van der Waals surface area contributed by atoms with Crippen LogP contribution < -0.4 is 10.5 Å².